The lowest BCUT2D eigenvalue weighted by atomic mass is 10.0. The Morgan fingerprint density at radius 1 is 0.941 bits per heavy atom. The van der Waals surface area contributed by atoms with E-state index in [4.69, 9.17) is 15.3 Å². The van der Waals surface area contributed by atoms with E-state index in [0.717, 1.165) is 24.0 Å². The Bertz CT molecular complexity index is 955. The molecule has 0 heterocycles. The van der Waals surface area contributed by atoms with Crippen LogP contribution in [0.3, 0.4) is 0 Å². The van der Waals surface area contributed by atoms with Gasteiger partial charge in [0.2, 0.25) is 5.91 Å². The molecular weight excluding hydrogens is 434 g/mol. The Balaban J connectivity index is 1.86. The number of esters is 2. The van der Waals surface area contributed by atoms with Crippen molar-refractivity contribution in [3.63, 3.8) is 0 Å². The van der Waals surface area contributed by atoms with Gasteiger partial charge in [-0.3, -0.25) is 4.79 Å². The molecule has 182 valence electrons. The Morgan fingerprint density at radius 3 is 2.21 bits per heavy atom. The van der Waals surface area contributed by atoms with Gasteiger partial charge in [0.25, 0.3) is 0 Å². The van der Waals surface area contributed by atoms with Crippen LogP contribution in [0.1, 0.15) is 60.2 Å². The van der Waals surface area contributed by atoms with Crippen molar-refractivity contribution in [1.82, 2.24) is 5.32 Å². The molecule has 0 spiro atoms. The Labute approximate surface area is 200 Å². The van der Waals surface area contributed by atoms with Crippen LogP contribution in [0.4, 0.5) is 0 Å². The predicted molar refractivity (Wildman–Crippen MR) is 130 cm³/mol. The van der Waals surface area contributed by atoms with E-state index in [1.54, 1.807) is 44.3 Å². The molecule has 2 aromatic rings. The number of carbonyl (C=O) groups excluding carboxylic acids is 3. The quantitative estimate of drug-likeness (QED) is 0.154. The molecule has 0 saturated carbocycles. The molecule has 0 aliphatic rings. The van der Waals surface area contributed by atoms with Gasteiger partial charge in [-0.15, -0.1) is 0 Å². The third-order valence-electron chi connectivity index (χ3n) is 5.13. The standard InChI is InChI=1S/C26H33N3O5/c1-3-33-25(31)22-15-13-20(14-16-22)17-23(26(32)34-4-2)29-24(30)8-6-5-7-19-9-11-21(12-10-19)18-28-27/h9-16,18,23H,3-8,17,27H2,1-2H3,(H,29,30). The molecule has 1 atom stereocenters. The highest BCUT2D eigenvalue weighted by atomic mass is 16.5. The second-order valence-electron chi connectivity index (χ2n) is 7.72. The van der Waals surface area contributed by atoms with Crippen molar-refractivity contribution in [1.29, 1.82) is 0 Å². The number of amides is 1. The first-order valence-corrected chi connectivity index (χ1v) is 11.5. The molecule has 0 saturated heterocycles. The van der Waals surface area contributed by atoms with E-state index in [1.807, 2.05) is 24.3 Å². The molecule has 3 N–H and O–H groups in total. The summed E-state index contributed by atoms with van der Waals surface area (Å²) in [4.78, 5) is 36.7. The zero-order valence-corrected chi connectivity index (χ0v) is 19.8. The normalized spacial score (nSPS) is 11.7. The number of ether oxygens (including phenoxy) is 2. The average molecular weight is 468 g/mol. The summed E-state index contributed by atoms with van der Waals surface area (Å²) in [6, 6.07) is 13.9. The largest absolute Gasteiger partial charge is 0.464 e. The highest BCUT2D eigenvalue weighted by molar-refractivity contribution is 5.89. The maximum absolute atomic E-state index is 12.5. The first-order valence-electron chi connectivity index (χ1n) is 11.5. The predicted octanol–water partition coefficient (Wildman–Crippen LogP) is 3.16. The molecule has 0 bridgehead atoms. The molecule has 1 unspecified atom stereocenters. The zero-order valence-electron chi connectivity index (χ0n) is 19.8. The van der Waals surface area contributed by atoms with Gasteiger partial charge in [-0.2, -0.15) is 5.10 Å². The summed E-state index contributed by atoms with van der Waals surface area (Å²) in [5, 5.41) is 6.30. The van der Waals surface area contributed by atoms with Gasteiger partial charge in [0.1, 0.15) is 6.04 Å². The molecular formula is C26H33N3O5. The van der Waals surface area contributed by atoms with Crippen molar-refractivity contribution < 1.29 is 23.9 Å². The highest BCUT2D eigenvalue weighted by Crippen LogP contribution is 2.11. The van der Waals surface area contributed by atoms with Crippen LogP contribution >= 0.6 is 0 Å². The molecule has 0 fully saturated rings. The van der Waals surface area contributed by atoms with Gasteiger partial charge in [-0.25, -0.2) is 9.59 Å². The minimum absolute atomic E-state index is 0.198. The molecule has 1 amide bonds. The monoisotopic (exact) mass is 467 g/mol. The second kappa shape index (κ2) is 14.5. The number of hydrazone groups is 1. The van der Waals surface area contributed by atoms with E-state index < -0.39 is 18.0 Å². The Morgan fingerprint density at radius 2 is 1.59 bits per heavy atom. The summed E-state index contributed by atoms with van der Waals surface area (Å²) >= 11 is 0. The van der Waals surface area contributed by atoms with Crippen molar-refractivity contribution in [2.75, 3.05) is 13.2 Å². The number of hydrogen-bond donors (Lipinski definition) is 2. The van der Waals surface area contributed by atoms with Gasteiger partial charge in [0, 0.05) is 12.8 Å². The highest BCUT2D eigenvalue weighted by Gasteiger charge is 2.22. The molecule has 0 aromatic heterocycles. The van der Waals surface area contributed by atoms with Gasteiger partial charge >= 0.3 is 11.9 Å². The van der Waals surface area contributed by atoms with Crippen LogP contribution in [0, 0.1) is 0 Å². The third kappa shape index (κ3) is 9.05. The number of nitrogens with two attached hydrogens (primary N) is 1. The molecule has 8 heteroatoms. The van der Waals surface area contributed by atoms with Crippen molar-refractivity contribution in [3.8, 4) is 0 Å². The Hall–Kier alpha value is -3.68. The van der Waals surface area contributed by atoms with Crippen LogP contribution in [0.2, 0.25) is 0 Å². The summed E-state index contributed by atoms with van der Waals surface area (Å²) in [5.41, 5.74) is 3.34. The van der Waals surface area contributed by atoms with Crippen LogP contribution in [0.5, 0.6) is 0 Å². The lowest BCUT2D eigenvalue weighted by Crippen LogP contribution is -2.43. The van der Waals surface area contributed by atoms with Crippen molar-refractivity contribution in [3.05, 3.63) is 70.8 Å². The molecule has 2 aromatic carbocycles. The number of carbonyl (C=O) groups is 3. The zero-order chi connectivity index (χ0) is 24.8. The van der Waals surface area contributed by atoms with Crippen LogP contribution in [0.25, 0.3) is 0 Å². The second-order valence-corrected chi connectivity index (χ2v) is 7.72. The SMILES string of the molecule is CCOC(=O)c1ccc(CC(NC(=O)CCCCc2ccc(C=NN)cc2)C(=O)OCC)cc1. The van der Waals surface area contributed by atoms with E-state index in [0.29, 0.717) is 25.0 Å². The summed E-state index contributed by atoms with van der Waals surface area (Å²) in [5.74, 6) is 4.07. The fraction of sp³-hybridized carbons (Fsp3) is 0.385. The number of unbranched alkanes of at least 4 members (excludes halogenated alkanes) is 1. The van der Waals surface area contributed by atoms with Crippen LogP contribution < -0.4 is 11.2 Å². The summed E-state index contributed by atoms with van der Waals surface area (Å²) in [6.07, 6.45) is 4.56. The van der Waals surface area contributed by atoms with Gasteiger partial charge in [0.15, 0.2) is 0 Å². The molecule has 0 radical (unpaired) electrons. The topological polar surface area (TPSA) is 120 Å². The molecule has 8 nitrogen and oxygen atoms in total. The van der Waals surface area contributed by atoms with E-state index in [1.165, 1.54) is 5.56 Å². The molecule has 0 aliphatic heterocycles. The van der Waals surface area contributed by atoms with Crippen molar-refractivity contribution in [2.24, 2.45) is 10.9 Å². The van der Waals surface area contributed by atoms with Gasteiger partial charge < -0.3 is 20.6 Å². The fourth-order valence-corrected chi connectivity index (χ4v) is 3.40. The smallest absolute Gasteiger partial charge is 0.338 e. The van der Waals surface area contributed by atoms with Gasteiger partial charge in [-0.1, -0.05) is 36.4 Å². The number of nitrogens with zero attached hydrogens (tertiary/aromatic N) is 1. The summed E-state index contributed by atoms with van der Waals surface area (Å²) in [6.45, 7) is 3.99. The summed E-state index contributed by atoms with van der Waals surface area (Å²) < 4.78 is 10.1. The number of rotatable bonds is 13. The maximum atomic E-state index is 12.5. The van der Waals surface area contributed by atoms with Crippen LogP contribution in [-0.2, 0) is 31.9 Å². The number of hydrogen-bond acceptors (Lipinski definition) is 7. The van der Waals surface area contributed by atoms with E-state index in [9.17, 15) is 14.4 Å². The average Bonchev–Trinajstić information content (AvgIpc) is 2.83. The fourth-order valence-electron chi connectivity index (χ4n) is 3.40. The number of benzene rings is 2. The third-order valence-corrected chi connectivity index (χ3v) is 5.13. The van der Waals surface area contributed by atoms with Crippen LogP contribution in [0.15, 0.2) is 53.6 Å². The lowest BCUT2D eigenvalue weighted by Gasteiger charge is -2.17. The van der Waals surface area contributed by atoms with E-state index in [2.05, 4.69) is 10.4 Å². The molecule has 2 rings (SSSR count). The van der Waals surface area contributed by atoms with E-state index in [-0.39, 0.29) is 18.9 Å². The molecule has 0 aliphatic carbocycles. The van der Waals surface area contributed by atoms with Crippen molar-refractivity contribution in [2.45, 2.75) is 52.0 Å². The maximum Gasteiger partial charge on any atom is 0.338 e. The number of nitrogens with one attached hydrogen (secondary N) is 1. The minimum Gasteiger partial charge on any atom is -0.464 e. The lowest BCUT2D eigenvalue weighted by molar-refractivity contribution is -0.147. The first kappa shape index (κ1) is 26.6. The summed E-state index contributed by atoms with van der Waals surface area (Å²) in [7, 11) is 0. The van der Waals surface area contributed by atoms with Gasteiger partial charge in [0.05, 0.1) is 25.0 Å². The minimum atomic E-state index is -0.794. The number of aryl methyl sites for hydroxylation is 1. The van der Waals surface area contributed by atoms with Crippen molar-refractivity contribution >= 4 is 24.1 Å². The van der Waals surface area contributed by atoms with Crippen LogP contribution in [-0.4, -0.2) is 43.3 Å². The molecule has 34 heavy (non-hydrogen) atoms. The first-order chi connectivity index (χ1) is 16.5. The van der Waals surface area contributed by atoms with E-state index >= 15 is 0 Å². The van der Waals surface area contributed by atoms with Gasteiger partial charge in [-0.05, 0) is 61.9 Å². The Kier molecular flexibility index (Phi) is 11.3.